The van der Waals surface area contributed by atoms with Crippen molar-refractivity contribution in [1.82, 2.24) is 4.90 Å². The number of aliphatic hydroxyl groups is 1. The maximum absolute atomic E-state index is 12.1. The summed E-state index contributed by atoms with van der Waals surface area (Å²) < 4.78 is 0. The highest BCUT2D eigenvalue weighted by Gasteiger charge is 2.49. The first kappa shape index (κ1) is 13.2. The zero-order chi connectivity index (χ0) is 12.5. The van der Waals surface area contributed by atoms with Crippen LogP contribution >= 0.6 is 11.6 Å². The van der Waals surface area contributed by atoms with E-state index in [9.17, 15) is 9.90 Å². The molecule has 0 aromatic heterocycles. The molecular weight excluding hydrogens is 238 g/mol. The Hall–Kier alpha value is -0.280. The van der Waals surface area contributed by atoms with Gasteiger partial charge in [0.1, 0.15) is 5.38 Å². The molecule has 1 heterocycles. The predicted octanol–water partition coefficient (Wildman–Crippen LogP) is 2.01. The van der Waals surface area contributed by atoms with Crippen LogP contribution in [0.3, 0.4) is 0 Å². The van der Waals surface area contributed by atoms with E-state index in [0.717, 1.165) is 19.4 Å². The molecule has 1 saturated carbocycles. The molecule has 3 nitrogen and oxygen atoms in total. The summed E-state index contributed by atoms with van der Waals surface area (Å²) in [6, 6.07) is 0. The molecule has 0 aromatic rings. The van der Waals surface area contributed by atoms with Crippen LogP contribution in [0.5, 0.6) is 0 Å². The maximum Gasteiger partial charge on any atom is 0.240 e. The first-order valence-electron chi connectivity index (χ1n) is 6.66. The van der Waals surface area contributed by atoms with Crippen molar-refractivity contribution in [1.29, 1.82) is 0 Å². The molecule has 0 radical (unpaired) electrons. The standard InChI is InChI=1S/C13H22ClNO2/c1-2-11(14)12(17)15-7-10(8-16)13(9-15)5-3-4-6-13/h10-11,16H,2-9H2,1H3. The van der Waals surface area contributed by atoms with E-state index < -0.39 is 5.38 Å². The van der Waals surface area contributed by atoms with Gasteiger partial charge in [0, 0.05) is 25.6 Å². The van der Waals surface area contributed by atoms with Crippen LogP contribution in [0.4, 0.5) is 0 Å². The van der Waals surface area contributed by atoms with Gasteiger partial charge in [0.05, 0.1) is 0 Å². The molecule has 2 atom stereocenters. The second-order valence-corrected chi connectivity index (χ2v) is 6.07. The molecule has 2 aliphatic rings. The van der Waals surface area contributed by atoms with E-state index in [1.165, 1.54) is 12.8 Å². The van der Waals surface area contributed by atoms with Crippen molar-refractivity contribution >= 4 is 17.5 Å². The van der Waals surface area contributed by atoms with Gasteiger partial charge in [-0.1, -0.05) is 19.8 Å². The average Bonchev–Trinajstić information content (AvgIpc) is 2.95. The number of aliphatic hydroxyl groups excluding tert-OH is 1. The van der Waals surface area contributed by atoms with Gasteiger partial charge in [-0.25, -0.2) is 0 Å². The number of rotatable bonds is 3. The Labute approximate surface area is 108 Å². The summed E-state index contributed by atoms with van der Waals surface area (Å²) in [6.45, 7) is 3.63. The minimum absolute atomic E-state index is 0.0522. The number of halogens is 1. The Balaban J connectivity index is 2.07. The molecule has 1 N–H and O–H groups in total. The lowest BCUT2D eigenvalue weighted by Gasteiger charge is -2.28. The molecule has 0 bridgehead atoms. The Morgan fingerprint density at radius 2 is 2.18 bits per heavy atom. The van der Waals surface area contributed by atoms with E-state index in [1.54, 1.807) is 0 Å². The lowest BCUT2D eigenvalue weighted by atomic mass is 9.77. The van der Waals surface area contributed by atoms with Crippen molar-refractivity contribution in [2.24, 2.45) is 11.3 Å². The zero-order valence-electron chi connectivity index (χ0n) is 10.5. The molecule has 1 spiro atoms. The van der Waals surface area contributed by atoms with Crippen LogP contribution in [-0.4, -0.2) is 41.0 Å². The van der Waals surface area contributed by atoms with Crippen LogP contribution < -0.4 is 0 Å². The molecule has 1 saturated heterocycles. The van der Waals surface area contributed by atoms with Crippen LogP contribution in [0.15, 0.2) is 0 Å². The summed E-state index contributed by atoms with van der Waals surface area (Å²) >= 11 is 6.03. The highest BCUT2D eigenvalue weighted by Crippen LogP contribution is 2.49. The molecule has 1 aliphatic heterocycles. The highest BCUT2D eigenvalue weighted by molar-refractivity contribution is 6.30. The van der Waals surface area contributed by atoms with Gasteiger partial charge in [0.25, 0.3) is 0 Å². The van der Waals surface area contributed by atoms with Crippen molar-refractivity contribution < 1.29 is 9.90 Å². The molecule has 2 unspecified atom stereocenters. The number of nitrogens with zero attached hydrogens (tertiary/aromatic N) is 1. The lowest BCUT2D eigenvalue weighted by Crippen LogP contribution is -2.36. The van der Waals surface area contributed by atoms with E-state index in [4.69, 9.17) is 11.6 Å². The maximum atomic E-state index is 12.1. The number of carbonyl (C=O) groups excluding carboxylic acids is 1. The molecule has 2 rings (SSSR count). The molecule has 1 aliphatic carbocycles. The van der Waals surface area contributed by atoms with Crippen molar-refractivity contribution in [3.05, 3.63) is 0 Å². The van der Waals surface area contributed by atoms with Crippen LogP contribution in [0.2, 0.25) is 0 Å². The lowest BCUT2D eigenvalue weighted by molar-refractivity contribution is -0.130. The number of alkyl halides is 1. The molecule has 1 amide bonds. The SMILES string of the molecule is CCC(Cl)C(=O)N1CC(CO)C2(CCCC2)C1. The highest BCUT2D eigenvalue weighted by atomic mass is 35.5. The fraction of sp³-hybridized carbons (Fsp3) is 0.923. The largest absolute Gasteiger partial charge is 0.396 e. The average molecular weight is 260 g/mol. The number of hydrogen-bond acceptors (Lipinski definition) is 2. The van der Waals surface area contributed by atoms with Crippen LogP contribution in [0.25, 0.3) is 0 Å². The second kappa shape index (κ2) is 5.15. The summed E-state index contributed by atoms with van der Waals surface area (Å²) in [5.74, 6) is 0.311. The van der Waals surface area contributed by atoms with E-state index in [-0.39, 0.29) is 23.8 Å². The Morgan fingerprint density at radius 3 is 2.71 bits per heavy atom. The zero-order valence-corrected chi connectivity index (χ0v) is 11.2. The fourth-order valence-electron chi connectivity index (χ4n) is 3.47. The summed E-state index contributed by atoms with van der Waals surface area (Å²) in [4.78, 5) is 14.0. The monoisotopic (exact) mass is 259 g/mol. The van der Waals surface area contributed by atoms with E-state index in [2.05, 4.69) is 0 Å². The first-order chi connectivity index (χ1) is 8.13. The molecule has 4 heteroatoms. The van der Waals surface area contributed by atoms with Gasteiger partial charge in [-0.15, -0.1) is 11.6 Å². The third-order valence-electron chi connectivity index (χ3n) is 4.57. The van der Waals surface area contributed by atoms with Crippen LogP contribution in [-0.2, 0) is 4.79 Å². The third kappa shape index (κ3) is 2.32. The van der Waals surface area contributed by atoms with Gasteiger partial charge >= 0.3 is 0 Å². The summed E-state index contributed by atoms with van der Waals surface area (Å²) in [6.07, 6.45) is 5.45. The fourth-order valence-corrected chi connectivity index (χ4v) is 3.61. The Bertz CT molecular complexity index is 289. The number of carbonyl (C=O) groups is 1. The molecular formula is C13H22ClNO2. The van der Waals surface area contributed by atoms with E-state index >= 15 is 0 Å². The quantitative estimate of drug-likeness (QED) is 0.788. The smallest absolute Gasteiger partial charge is 0.240 e. The predicted molar refractivity (Wildman–Crippen MR) is 68.0 cm³/mol. The van der Waals surface area contributed by atoms with Gasteiger partial charge in [0.15, 0.2) is 0 Å². The van der Waals surface area contributed by atoms with Gasteiger partial charge in [0.2, 0.25) is 5.91 Å². The van der Waals surface area contributed by atoms with Crippen molar-refractivity contribution in [3.8, 4) is 0 Å². The van der Waals surface area contributed by atoms with E-state index in [0.29, 0.717) is 13.0 Å². The topological polar surface area (TPSA) is 40.5 Å². The normalized spacial score (nSPS) is 28.9. The number of hydrogen-bond donors (Lipinski definition) is 1. The summed E-state index contributed by atoms with van der Waals surface area (Å²) in [5.41, 5.74) is 0.189. The van der Waals surface area contributed by atoms with Crippen molar-refractivity contribution in [3.63, 3.8) is 0 Å². The van der Waals surface area contributed by atoms with Crippen LogP contribution in [0, 0.1) is 11.3 Å². The molecule has 0 aromatic carbocycles. The van der Waals surface area contributed by atoms with Gasteiger partial charge in [-0.3, -0.25) is 4.79 Å². The van der Waals surface area contributed by atoms with Gasteiger partial charge in [-0.2, -0.15) is 0 Å². The van der Waals surface area contributed by atoms with Gasteiger partial charge in [-0.05, 0) is 24.7 Å². The first-order valence-corrected chi connectivity index (χ1v) is 7.10. The molecule has 98 valence electrons. The Morgan fingerprint density at radius 1 is 1.53 bits per heavy atom. The van der Waals surface area contributed by atoms with Crippen molar-refractivity contribution in [2.45, 2.75) is 44.4 Å². The Kier molecular flexibility index (Phi) is 3.99. The van der Waals surface area contributed by atoms with Crippen molar-refractivity contribution in [2.75, 3.05) is 19.7 Å². The molecule has 17 heavy (non-hydrogen) atoms. The minimum Gasteiger partial charge on any atom is -0.396 e. The molecule has 2 fully saturated rings. The third-order valence-corrected chi connectivity index (χ3v) is 5.07. The van der Waals surface area contributed by atoms with Gasteiger partial charge < -0.3 is 10.0 Å². The van der Waals surface area contributed by atoms with E-state index in [1.807, 2.05) is 11.8 Å². The second-order valence-electron chi connectivity index (χ2n) is 5.54. The number of likely N-dealkylation sites (tertiary alicyclic amines) is 1. The summed E-state index contributed by atoms with van der Waals surface area (Å²) in [7, 11) is 0. The number of amides is 1. The summed E-state index contributed by atoms with van der Waals surface area (Å²) in [5, 5.41) is 9.12. The van der Waals surface area contributed by atoms with Crippen LogP contribution in [0.1, 0.15) is 39.0 Å². The minimum atomic E-state index is -0.397.